The molecule has 2 aromatic carbocycles. The summed E-state index contributed by atoms with van der Waals surface area (Å²) >= 11 is 3.02. The molecule has 0 aromatic heterocycles. The molecule has 0 radical (unpaired) electrons. The van der Waals surface area contributed by atoms with Gasteiger partial charge in [-0.1, -0.05) is 6.07 Å². The highest BCUT2D eigenvalue weighted by atomic mass is 79.9. The van der Waals surface area contributed by atoms with Crippen LogP contribution in [0.15, 0.2) is 40.9 Å². The van der Waals surface area contributed by atoms with E-state index >= 15 is 0 Å². The maximum Gasteiger partial charge on any atom is 0.273 e. The zero-order valence-corrected chi connectivity index (χ0v) is 12.5. The molecule has 0 saturated heterocycles. The number of anilines is 1. The quantitative estimate of drug-likeness (QED) is 0.668. The highest BCUT2D eigenvalue weighted by Gasteiger charge is 2.18. The van der Waals surface area contributed by atoms with Crippen LogP contribution in [-0.4, -0.2) is 10.8 Å². The Kier molecular flexibility index (Phi) is 4.32. The number of hydrogen-bond donors (Lipinski definition) is 1. The van der Waals surface area contributed by atoms with Crippen LogP contribution in [0.4, 0.5) is 15.8 Å². The summed E-state index contributed by atoms with van der Waals surface area (Å²) < 4.78 is 13.3. The first-order valence-electron chi connectivity index (χ1n) is 5.90. The predicted octanol–water partition coefficient (Wildman–Crippen LogP) is 4.06. The fourth-order valence-electron chi connectivity index (χ4n) is 1.84. The summed E-state index contributed by atoms with van der Waals surface area (Å²) in [5.74, 6) is -0.936. The van der Waals surface area contributed by atoms with Crippen molar-refractivity contribution in [2.75, 3.05) is 5.32 Å². The lowest BCUT2D eigenvalue weighted by atomic mass is 10.1. The summed E-state index contributed by atoms with van der Waals surface area (Å²) in [6, 6.07) is 8.31. The summed E-state index contributed by atoms with van der Waals surface area (Å²) in [6.45, 7) is 1.51. The molecule has 108 valence electrons. The van der Waals surface area contributed by atoms with E-state index in [9.17, 15) is 19.3 Å². The fourth-order valence-corrected chi connectivity index (χ4v) is 2.22. The van der Waals surface area contributed by atoms with Crippen LogP contribution < -0.4 is 5.32 Å². The summed E-state index contributed by atoms with van der Waals surface area (Å²) in [5.41, 5.74) is 0.743. The molecule has 2 aromatic rings. The molecule has 21 heavy (non-hydrogen) atoms. The molecule has 1 amide bonds. The molecule has 0 unspecified atom stereocenters. The van der Waals surface area contributed by atoms with Crippen LogP contribution >= 0.6 is 15.9 Å². The number of nitro benzene ring substituents is 1. The molecule has 0 spiro atoms. The van der Waals surface area contributed by atoms with E-state index in [2.05, 4.69) is 21.2 Å². The number of nitro groups is 1. The zero-order chi connectivity index (χ0) is 15.6. The average molecular weight is 353 g/mol. The Morgan fingerprint density at radius 2 is 2.05 bits per heavy atom. The van der Waals surface area contributed by atoms with Crippen molar-refractivity contribution < 1.29 is 14.1 Å². The minimum atomic E-state index is -0.541. The molecule has 5 nitrogen and oxygen atoms in total. The average Bonchev–Trinajstić information content (AvgIpc) is 2.42. The smallest absolute Gasteiger partial charge is 0.273 e. The summed E-state index contributed by atoms with van der Waals surface area (Å²) in [7, 11) is 0. The van der Waals surface area contributed by atoms with Gasteiger partial charge in [0.05, 0.1) is 9.40 Å². The van der Waals surface area contributed by atoms with Gasteiger partial charge < -0.3 is 5.32 Å². The molecule has 2 rings (SSSR count). The lowest BCUT2D eigenvalue weighted by Gasteiger charge is -2.08. The van der Waals surface area contributed by atoms with Crippen molar-refractivity contribution in [2.45, 2.75) is 6.92 Å². The molecule has 7 heteroatoms. The molecular weight excluding hydrogens is 343 g/mol. The second-order valence-electron chi connectivity index (χ2n) is 4.29. The van der Waals surface area contributed by atoms with Crippen molar-refractivity contribution in [3.8, 4) is 0 Å². The first kappa shape index (κ1) is 15.1. The van der Waals surface area contributed by atoms with Crippen LogP contribution in [0.3, 0.4) is 0 Å². The summed E-state index contributed by atoms with van der Waals surface area (Å²) in [5, 5.41) is 13.4. The number of nitrogens with zero attached hydrogens (tertiary/aromatic N) is 1. The Balaban J connectivity index is 2.30. The monoisotopic (exact) mass is 352 g/mol. The van der Waals surface area contributed by atoms with Gasteiger partial charge >= 0.3 is 0 Å². The number of amides is 1. The maximum atomic E-state index is 13.1. The Bertz CT molecular complexity index is 734. The minimum absolute atomic E-state index is 0.122. The van der Waals surface area contributed by atoms with Crippen LogP contribution in [0.2, 0.25) is 0 Å². The first-order valence-corrected chi connectivity index (χ1v) is 6.70. The molecule has 0 aliphatic carbocycles. The van der Waals surface area contributed by atoms with Gasteiger partial charge in [-0.25, -0.2) is 4.39 Å². The third-order valence-corrected chi connectivity index (χ3v) is 3.53. The van der Waals surface area contributed by atoms with Gasteiger partial charge in [0.1, 0.15) is 5.82 Å². The summed E-state index contributed by atoms with van der Waals surface area (Å²) in [4.78, 5) is 22.5. The van der Waals surface area contributed by atoms with E-state index in [-0.39, 0.29) is 21.3 Å². The molecule has 0 saturated carbocycles. The number of rotatable bonds is 3. The number of hydrogen-bond acceptors (Lipinski definition) is 3. The normalized spacial score (nSPS) is 10.2. The van der Waals surface area contributed by atoms with Crippen molar-refractivity contribution >= 4 is 33.2 Å². The van der Waals surface area contributed by atoms with E-state index in [4.69, 9.17) is 0 Å². The number of nitrogens with one attached hydrogen (secondary N) is 1. The second-order valence-corrected chi connectivity index (χ2v) is 5.14. The third-order valence-electron chi connectivity index (χ3n) is 2.92. The topological polar surface area (TPSA) is 72.2 Å². The largest absolute Gasteiger partial charge is 0.322 e. The molecular formula is C14H10BrFN2O3. The van der Waals surface area contributed by atoms with E-state index in [0.29, 0.717) is 5.69 Å². The summed E-state index contributed by atoms with van der Waals surface area (Å²) in [6.07, 6.45) is 0. The zero-order valence-electron chi connectivity index (χ0n) is 10.9. The standard InChI is InChI=1S/C14H10BrFN2O3/c1-8-10(3-2-4-13(8)18(20)21)14(19)17-9-5-6-12(16)11(15)7-9/h2-7H,1H3,(H,17,19). The lowest BCUT2D eigenvalue weighted by Crippen LogP contribution is -2.14. The van der Waals surface area contributed by atoms with Crippen molar-refractivity contribution in [1.82, 2.24) is 0 Å². The van der Waals surface area contributed by atoms with Crippen LogP contribution in [-0.2, 0) is 0 Å². The number of carbonyl (C=O) groups is 1. The van der Waals surface area contributed by atoms with Crippen LogP contribution in [0.5, 0.6) is 0 Å². The Morgan fingerprint density at radius 1 is 1.33 bits per heavy atom. The highest BCUT2D eigenvalue weighted by Crippen LogP contribution is 2.24. The first-order chi connectivity index (χ1) is 9.90. The van der Waals surface area contributed by atoms with Crippen LogP contribution in [0.1, 0.15) is 15.9 Å². The van der Waals surface area contributed by atoms with E-state index in [0.717, 1.165) is 0 Å². The highest BCUT2D eigenvalue weighted by molar-refractivity contribution is 9.10. The van der Waals surface area contributed by atoms with Gasteiger partial charge in [0.25, 0.3) is 11.6 Å². The number of halogens is 2. The van der Waals surface area contributed by atoms with Gasteiger partial charge in [0.2, 0.25) is 0 Å². The Morgan fingerprint density at radius 3 is 2.67 bits per heavy atom. The van der Waals surface area contributed by atoms with Gasteiger partial charge in [0, 0.05) is 22.9 Å². The molecule has 0 aliphatic rings. The van der Waals surface area contributed by atoms with Crippen molar-refractivity contribution in [3.63, 3.8) is 0 Å². The van der Waals surface area contributed by atoms with Gasteiger partial charge in [-0.05, 0) is 47.1 Å². The van der Waals surface area contributed by atoms with E-state index in [1.54, 1.807) is 0 Å². The van der Waals surface area contributed by atoms with Gasteiger partial charge in [-0.15, -0.1) is 0 Å². The molecule has 0 fully saturated rings. The third kappa shape index (κ3) is 3.25. The molecule has 0 atom stereocenters. The number of carbonyl (C=O) groups excluding carboxylic acids is 1. The van der Waals surface area contributed by atoms with E-state index < -0.39 is 16.6 Å². The molecule has 0 bridgehead atoms. The molecule has 0 aliphatic heterocycles. The molecule has 1 N–H and O–H groups in total. The predicted molar refractivity (Wildman–Crippen MR) is 79.9 cm³/mol. The van der Waals surface area contributed by atoms with E-state index in [1.807, 2.05) is 0 Å². The van der Waals surface area contributed by atoms with Gasteiger partial charge in [0.15, 0.2) is 0 Å². The van der Waals surface area contributed by atoms with Crippen LogP contribution in [0.25, 0.3) is 0 Å². The minimum Gasteiger partial charge on any atom is -0.322 e. The van der Waals surface area contributed by atoms with Crippen molar-refractivity contribution in [1.29, 1.82) is 0 Å². The van der Waals surface area contributed by atoms with E-state index in [1.165, 1.54) is 43.3 Å². The second kappa shape index (κ2) is 6.01. The molecule has 0 heterocycles. The van der Waals surface area contributed by atoms with Crippen LogP contribution in [0, 0.1) is 22.9 Å². The fraction of sp³-hybridized carbons (Fsp3) is 0.0714. The number of benzene rings is 2. The SMILES string of the molecule is Cc1c(C(=O)Nc2ccc(F)c(Br)c2)cccc1[N+](=O)[O-]. The Labute approximate surface area is 128 Å². The van der Waals surface area contributed by atoms with Gasteiger partial charge in [-0.2, -0.15) is 0 Å². The Hall–Kier alpha value is -2.28. The van der Waals surface area contributed by atoms with Crippen molar-refractivity contribution in [3.05, 3.63) is 67.9 Å². The van der Waals surface area contributed by atoms with Gasteiger partial charge in [-0.3, -0.25) is 14.9 Å². The lowest BCUT2D eigenvalue weighted by molar-refractivity contribution is -0.385. The van der Waals surface area contributed by atoms with Crippen molar-refractivity contribution in [2.24, 2.45) is 0 Å². The maximum absolute atomic E-state index is 13.1.